The largest absolute Gasteiger partial charge is 0.505 e. The van der Waals surface area contributed by atoms with E-state index in [2.05, 4.69) is 271 Å². The van der Waals surface area contributed by atoms with Gasteiger partial charge < -0.3 is 19.3 Å². The van der Waals surface area contributed by atoms with E-state index in [-0.39, 0.29) is 17.6 Å². The predicted molar refractivity (Wildman–Crippen MR) is 341 cm³/mol. The van der Waals surface area contributed by atoms with E-state index in [0.717, 1.165) is 102 Å². The minimum atomic E-state index is 0.179. The van der Waals surface area contributed by atoms with Crippen molar-refractivity contribution in [3.63, 3.8) is 0 Å². The van der Waals surface area contributed by atoms with Crippen molar-refractivity contribution in [3.8, 4) is 39.1 Å². The lowest BCUT2D eigenvalue weighted by molar-refractivity contribution is 0.478. The predicted octanol–water partition coefficient (Wildman–Crippen LogP) is 22.1. The standard InChI is InChI=1S/C76H66N2O2/c1-9-50-23-15-27-54(41-50)77(68-35-19-31-58(74(68)79)53-26-17-25-52(43-53)56-29-13-11-21-48(56)7)70-44-66(46(3)4)59-38-40-65-71(45-67(47(5)6)60-37-39-64(70)72(59)73(60)65)78(55-28-16-24-51(10-2)42-55)69-36-20-34-63-62-33-18-32-61(75(62)80-76(63)69)57-30-14-12-22-49(57)8/h11-47,79H,9-10H2,1-8H3. The average Bonchev–Trinajstić information content (AvgIpc) is 3.99. The van der Waals surface area contributed by atoms with Crippen LogP contribution in [0, 0.1) is 13.8 Å². The third-order valence-electron chi connectivity index (χ3n) is 16.9. The molecule has 1 N–H and O–H groups in total. The fourth-order valence-electron chi connectivity index (χ4n) is 12.7. The van der Waals surface area contributed by atoms with Crippen molar-refractivity contribution in [3.05, 3.63) is 246 Å². The van der Waals surface area contributed by atoms with Gasteiger partial charge in [-0.1, -0.05) is 199 Å². The third-order valence-corrected chi connectivity index (χ3v) is 16.9. The molecule has 1 aromatic heterocycles. The van der Waals surface area contributed by atoms with Gasteiger partial charge >= 0.3 is 0 Å². The summed E-state index contributed by atoms with van der Waals surface area (Å²) in [7, 11) is 0. The molecule has 0 aliphatic heterocycles. The van der Waals surface area contributed by atoms with Crippen LogP contribution in [0.25, 0.3) is 87.6 Å². The fraction of sp³-hybridized carbons (Fsp3) is 0.158. The number of rotatable bonds is 13. The molecule has 1 heterocycles. The van der Waals surface area contributed by atoms with Crippen LogP contribution in [0.15, 0.2) is 217 Å². The van der Waals surface area contributed by atoms with Crippen LogP contribution in [-0.2, 0) is 12.8 Å². The minimum absolute atomic E-state index is 0.179. The van der Waals surface area contributed by atoms with E-state index in [1.165, 1.54) is 66.1 Å². The van der Waals surface area contributed by atoms with E-state index in [1.54, 1.807) is 0 Å². The van der Waals surface area contributed by atoms with E-state index >= 15 is 0 Å². The molecule has 80 heavy (non-hydrogen) atoms. The van der Waals surface area contributed by atoms with Crippen LogP contribution in [0.4, 0.5) is 34.1 Å². The Hall–Kier alpha value is -9.12. The molecule has 13 rings (SSSR count). The molecule has 0 bridgehead atoms. The molecule has 4 nitrogen and oxygen atoms in total. The first-order valence-corrected chi connectivity index (χ1v) is 28.6. The van der Waals surface area contributed by atoms with Crippen molar-refractivity contribution in [2.75, 3.05) is 9.80 Å². The molecule has 0 saturated carbocycles. The first-order chi connectivity index (χ1) is 39.0. The SMILES string of the molecule is CCc1cccc(N(c2cccc(-c3cccc(-c4ccccc4C)c3)c2O)c2cc(C(C)C)c3ccc4c(N(c5cccc(CC)c5)c5cccc6c5oc5c(-c7ccccc7C)cccc56)cc(C(C)C)c5ccc2c3c54)c1. The van der Waals surface area contributed by atoms with Gasteiger partial charge in [0.25, 0.3) is 0 Å². The summed E-state index contributed by atoms with van der Waals surface area (Å²) in [5, 5.41) is 22.4. The molecule has 0 spiro atoms. The highest BCUT2D eigenvalue weighted by Crippen LogP contribution is 2.54. The van der Waals surface area contributed by atoms with Crippen molar-refractivity contribution in [2.45, 2.75) is 80.1 Å². The molecular formula is C76H66N2O2. The van der Waals surface area contributed by atoms with Gasteiger partial charge in [-0.3, -0.25) is 0 Å². The molecule has 0 unspecified atom stereocenters. The van der Waals surface area contributed by atoms with Gasteiger partial charge in [0.15, 0.2) is 5.58 Å². The van der Waals surface area contributed by atoms with Gasteiger partial charge in [-0.15, -0.1) is 0 Å². The Morgan fingerprint density at radius 1 is 0.375 bits per heavy atom. The van der Waals surface area contributed by atoms with E-state index in [0.29, 0.717) is 0 Å². The number of furan rings is 1. The summed E-state index contributed by atoms with van der Waals surface area (Å²) >= 11 is 0. The lowest BCUT2D eigenvalue weighted by Crippen LogP contribution is -2.13. The maximum Gasteiger partial charge on any atom is 0.159 e. The van der Waals surface area contributed by atoms with E-state index in [9.17, 15) is 5.11 Å². The Balaban J connectivity index is 1.10. The second-order valence-corrected chi connectivity index (χ2v) is 22.4. The lowest BCUT2D eigenvalue weighted by atomic mass is 9.84. The molecule has 0 atom stereocenters. The number of fused-ring (bicyclic) bond motifs is 3. The third kappa shape index (κ3) is 8.36. The molecule has 13 aromatic rings. The molecule has 0 radical (unpaired) electrons. The zero-order valence-corrected chi connectivity index (χ0v) is 47.0. The van der Waals surface area contributed by atoms with Crippen molar-refractivity contribution in [1.29, 1.82) is 0 Å². The van der Waals surface area contributed by atoms with Crippen molar-refractivity contribution >= 4 is 88.4 Å². The summed E-state index contributed by atoms with van der Waals surface area (Å²) in [4.78, 5) is 4.79. The summed E-state index contributed by atoms with van der Waals surface area (Å²) in [5.41, 5.74) is 21.3. The Kier molecular flexibility index (Phi) is 12.8. The number of aromatic hydroxyl groups is 1. The molecule has 4 heteroatoms. The number of hydrogen-bond donors (Lipinski definition) is 1. The first-order valence-electron chi connectivity index (χ1n) is 28.6. The molecule has 0 saturated heterocycles. The lowest BCUT2D eigenvalue weighted by Gasteiger charge is -2.32. The van der Waals surface area contributed by atoms with Crippen LogP contribution in [0.3, 0.4) is 0 Å². The monoisotopic (exact) mass is 1040 g/mol. The second-order valence-electron chi connectivity index (χ2n) is 22.4. The number of aryl methyl sites for hydroxylation is 4. The minimum Gasteiger partial charge on any atom is -0.505 e. The van der Waals surface area contributed by atoms with Crippen LogP contribution < -0.4 is 9.80 Å². The summed E-state index contributed by atoms with van der Waals surface area (Å²) in [6.45, 7) is 18.0. The number of nitrogens with zero attached hydrogens (tertiary/aromatic N) is 2. The summed E-state index contributed by atoms with van der Waals surface area (Å²) in [5.74, 6) is 0.606. The molecule has 0 aliphatic carbocycles. The number of anilines is 6. The number of hydrogen-bond acceptors (Lipinski definition) is 4. The summed E-state index contributed by atoms with van der Waals surface area (Å²) in [6.07, 6.45) is 1.78. The maximum absolute atomic E-state index is 13.0. The van der Waals surface area contributed by atoms with Gasteiger partial charge in [-0.2, -0.15) is 0 Å². The molecule has 392 valence electrons. The molecular weight excluding hydrogens is 973 g/mol. The summed E-state index contributed by atoms with van der Waals surface area (Å²) in [6, 6.07) is 77.3. The average molecular weight is 1040 g/mol. The van der Waals surface area contributed by atoms with E-state index in [1.807, 2.05) is 6.07 Å². The van der Waals surface area contributed by atoms with Crippen LogP contribution in [0.5, 0.6) is 5.75 Å². The van der Waals surface area contributed by atoms with Crippen LogP contribution in [-0.4, -0.2) is 5.11 Å². The Labute approximate surface area is 470 Å². The van der Waals surface area contributed by atoms with Gasteiger partial charge in [-0.05, 0) is 170 Å². The molecule has 0 fully saturated rings. The normalized spacial score (nSPS) is 11.9. The molecule has 0 amide bonds. The van der Waals surface area contributed by atoms with E-state index < -0.39 is 0 Å². The van der Waals surface area contributed by atoms with E-state index in [4.69, 9.17) is 4.42 Å². The first kappa shape index (κ1) is 50.4. The Bertz CT molecular complexity index is 4520. The van der Waals surface area contributed by atoms with Crippen molar-refractivity contribution in [1.82, 2.24) is 0 Å². The number of para-hydroxylation sites is 3. The van der Waals surface area contributed by atoms with Crippen molar-refractivity contribution in [2.24, 2.45) is 0 Å². The number of phenols is 1. The van der Waals surface area contributed by atoms with Gasteiger partial charge in [0.05, 0.1) is 22.7 Å². The highest BCUT2D eigenvalue weighted by molar-refractivity contribution is 6.30. The van der Waals surface area contributed by atoms with Crippen molar-refractivity contribution < 1.29 is 9.52 Å². The van der Waals surface area contributed by atoms with Gasteiger partial charge in [0.2, 0.25) is 0 Å². The van der Waals surface area contributed by atoms with Gasteiger partial charge in [-0.25, -0.2) is 0 Å². The maximum atomic E-state index is 13.0. The topological polar surface area (TPSA) is 39.9 Å². The fourth-order valence-corrected chi connectivity index (χ4v) is 12.7. The van der Waals surface area contributed by atoms with Crippen LogP contribution in [0.2, 0.25) is 0 Å². The number of phenolic OH excluding ortho intramolecular Hbond substituents is 1. The second kappa shape index (κ2) is 20.3. The zero-order chi connectivity index (χ0) is 54.9. The van der Waals surface area contributed by atoms with Gasteiger partial charge in [0, 0.05) is 44.0 Å². The smallest absolute Gasteiger partial charge is 0.159 e. The molecule has 12 aromatic carbocycles. The van der Waals surface area contributed by atoms with Crippen LogP contribution >= 0.6 is 0 Å². The quantitative estimate of drug-likeness (QED) is 0.117. The zero-order valence-electron chi connectivity index (χ0n) is 47.0. The number of benzene rings is 12. The van der Waals surface area contributed by atoms with Crippen LogP contribution in [0.1, 0.15) is 86.8 Å². The van der Waals surface area contributed by atoms with Gasteiger partial charge in [0.1, 0.15) is 11.3 Å². The highest BCUT2D eigenvalue weighted by atomic mass is 16.3. The Morgan fingerprint density at radius 3 is 1.40 bits per heavy atom. The highest BCUT2D eigenvalue weighted by Gasteiger charge is 2.29. The molecule has 0 aliphatic rings. The Morgan fingerprint density at radius 2 is 0.825 bits per heavy atom. The summed E-state index contributed by atoms with van der Waals surface area (Å²) < 4.78 is 7.30.